The average Bonchev–Trinajstić information content (AvgIpc) is 3.35. The van der Waals surface area contributed by atoms with Crippen molar-refractivity contribution in [3.05, 3.63) is 60.2 Å². The molecule has 1 aliphatic carbocycles. The third-order valence-electron chi connectivity index (χ3n) is 5.68. The molecule has 2 heterocycles. The van der Waals surface area contributed by atoms with Gasteiger partial charge in [0.1, 0.15) is 5.76 Å². The predicted molar refractivity (Wildman–Crippen MR) is 103 cm³/mol. The van der Waals surface area contributed by atoms with E-state index in [1.165, 1.54) is 43.1 Å². The van der Waals surface area contributed by atoms with Gasteiger partial charge in [-0.1, -0.05) is 37.5 Å². The molecular formula is C22H26N2O2. The van der Waals surface area contributed by atoms with Crippen LogP contribution < -0.4 is 5.32 Å². The number of carbonyl (C=O) groups excluding carboxylic acids is 1. The van der Waals surface area contributed by atoms with Gasteiger partial charge in [-0.3, -0.25) is 4.79 Å². The van der Waals surface area contributed by atoms with E-state index in [4.69, 9.17) is 4.42 Å². The zero-order chi connectivity index (χ0) is 17.8. The number of H-pyrrole nitrogens is 1. The molecule has 0 spiro atoms. The molecule has 0 radical (unpaired) electrons. The topological polar surface area (TPSA) is 58.0 Å². The van der Waals surface area contributed by atoms with Gasteiger partial charge in [-0.15, -0.1) is 0 Å². The summed E-state index contributed by atoms with van der Waals surface area (Å²) in [5.41, 5.74) is 2.44. The Balaban J connectivity index is 1.53. The second kappa shape index (κ2) is 7.81. The third-order valence-corrected chi connectivity index (χ3v) is 5.68. The first-order valence-corrected chi connectivity index (χ1v) is 9.66. The van der Waals surface area contributed by atoms with Crippen molar-refractivity contribution in [3.63, 3.8) is 0 Å². The summed E-state index contributed by atoms with van der Waals surface area (Å²) in [5, 5.41) is 4.27. The fraction of sp³-hybridized carbons (Fsp3) is 0.409. The zero-order valence-electron chi connectivity index (χ0n) is 15.0. The third kappa shape index (κ3) is 3.69. The highest BCUT2D eigenvalue weighted by molar-refractivity contribution is 5.85. The number of para-hydroxylation sites is 1. The highest BCUT2D eigenvalue weighted by Gasteiger charge is 2.29. The molecule has 3 aromatic rings. The van der Waals surface area contributed by atoms with Gasteiger partial charge in [-0.05, 0) is 48.4 Å². The van der Waals surface area contributed by atoms with Crippen LogP contribution in [-0.4, -0.2) is 10.9 Å². The minimum atomic E-state index is 0.0993. The van der Waals surface area contributed by atoms with E-state index >= 15 is 0 Å². The summed E-state index contributed by atoms with van der Waals surface area (Å²) >= 11 is 0. The minimum Gasteiger partial charge on any atom is -0.467 e. The predicted octanol–water partition coefficient (Wildman–Crippen LogP) is 5.13. The average molecular weight is 350 g/mol. The summed E-state index contributed by atoms with van der Waals surface area (Å²) in [6.07, 6.45) is 10.6. The van der Waals surface area contributed by atoms with Gasteiger partial charge in [-0.2, -0.15) is 0 Å². The van der Waals surface area contributed by atoms with Gasteiger partial charge >= 0.3 is 0 Å². The number of furan rings is 1. The smallest absolute Gasteiger partial charge is 0.220 e. The molecule has 136 valence electrons. The molecule has 1 fully saturated rings. The van der Waals surface area contributed by atoms with Crippen molar-refractivity contribution in [2.24, 2.45) is 5.92 Å². The minimum absolute atomic E-state index is 0.0993. The van der Waals surface area contributed by atoms with Crippen molar-refractivity contribution < 1.29 is 9.21 Å². The lowest BCUT2D eigenvalue weighted by Crippen LogP contribution is -2.27. The van der Waals surface area contributed by atoms with E-state index in [1.807, 2.05) is 18.2 Å². The van der Waals surface area contributed by atoms with E-state index in [-0.39, 0.29) is 11.8 Å². The summed E-state index contributed by atoms with van der Waals surface area (Å²) < 4.78 is 5.32. The normalized spacial score (nSPS) is 16.6. The van der Waals surface area contributed by atoms with Gasteiger partial charge in [-0.25, -0.2) is 0 Å². The van der Waals surface area contributed by atoms with Crippen LogP contribution in [0.2, 0.25) is 0 Å². The molecule has 2 N–H and O–H groups in total. The monoisotopic (exact) mass is 350 g/mol. The molecule has 4 nitrogen and oxygen atoms in total. The van der Waals surface area contributed by atoms with Crippen molar-refractivity contribution in [1.82, 2.24) is 10.3 Å². The van der Waals surface area contributed by atoms with Gasteiger partial charge in [0.15, 0.2) is 0 Å². The zero-order valence-corrected chi connectivity index (χ0v) is 15.0. The number of fused-ring (bicyclic) bond motifs is 1. The van der Waals surface area contributed by atoms with Crippen LogP contribution in [0.25, 0.3) is 10.9 Å². The number of benzene rings is 1. The molecule has 4 heteroatoms. The Hall–Kier alpha value is -2.49. The van der Waals surface area contributed by atoms with Crippen LogP contribution in [0, 0.1) is 5.92 Å². The van der Waals surface area contributed by atoms with Crippen LogP contribution >= 0.6 is 0 Å². The van der Waals surface area contributed by atoms with Crippen molar-refractivity contribution in [3.8, 4) is 0 Å². The van der Waals surface area contributed by atoms with E-state index in [2.05, 4.69) is 34.7 Å². The van der Waals surface area contributed by atoms with E-state index in [1.54, 1.807) is 6.26 Å². The highest BCUT2D eigenvalue weighted by atomic mass is 16.3. The lowest BCUT2D eigenvalue weighted by Gasteiger charge is -2.30. The molecule has 0 bridgehead atoms. The number of aromatic nitrogens is 1. The van der Waals surface area contributed by atoms with Crippen LogP contribution in [0.1, 0.15) is 55.8 Å². The summed E-state index contributed by atoms with van der Waals surface area (Å²) in [4.78, 5) is 16.0. The molecule has 26 heavy (non-hydrogen) atoms. The molecule has 0 aliphatic heterocycles. The molecule has 2 aromatic heterocycles. The molecule has 1 aliphatic rings. The Morgan fingerprint density at radius 1 is 1.15 bits per heavy atom. The second-order valence-electron chi connectivity index (χ2n) is 7.35. The van der Waals surface area contributed by atoms with Crippen LogP contribution in [-0.2, 0) is 11.3 Å². The van der Waals surface area contributed by atoms with Crippen LogP contribution in [0.3, 0.4) is 0 Å². The van der Waals surface area contributed by atoms with Crippen molar-refractivity contribution >= 4 is 16.8 Å². The first-order chi connectivity index (χ1) is 12.8. The number of nitrogens with one attached hydrogen (secondary N) is 2. The van der Waals surface area contributed by atoms with Crippen molar-refractivity contribution in [2.75, 3.05) is 0 Å². The molecule has 1 saturated carbocycles. The molecule has 1 atom stereocenters. The van der Waals surface area contributed by atoms with Gasteiger partial charge < -0.3 is 14.7 Å². The molecule has 1 amide bonds. The Labute approximate surface area is 154 Å². The van der Waals surface area contributed by atoms with Gasteiger partial charge in [0, 0.05) is 23.5 Å². The molecule has 1 aromatic carbocycles. The van der Waals surface area contributed by atoms with E-state index in [0.29, 0.717) is 18.9 Å². The summed E-state index contributed by atoms with van der Waals surface area (Å²) in [6, 6.07) is 12.1. The fourth-order valence-electron chi connectivity index (χ4n) is 4.34. The summed E-state index contributed by atoms with van der Waals surface area (Å²) in [5.74, 6) is 1.74. The van der Waals surface area contributed by atoms with Crippen LogP contribution in [0.5, 0.6) is 0 Å². The molecule has 1 unspecified atom stereocenters. The Kier molecular flexibility index (Phi) is 5.09. The number of hydrogen-bond donors (Lipinski definition) is 2. The highest BCUT2D eigenvalue weighted by Crippen LogP contribution is 2.40. The van der Waals surface area contributed by atoms with E-state index < -0.39 is 0 Å². The maximum atomic E-state index is 12.7. The van der Waals surface area contributed by atoms with Crippen LogP contribution in [0.15, 0.2) is 53.3 Å². The number of amides is 1. The fourth-order valence-corrected chi connectivity index (χ4v) is 4.34. The van der Waals surface area contributed by atoms with Crippen LogP contribution in [0.4, 0.5) is 0 Å². The second-order valence-corrected chi connectivity index (χ2v) is 7.35. The SMILES string of the molecule is O=C(CC(c1c[nH]c2ccccc12)C1CCCCC1)NCc1ccco1. The molecule has 4 rings (SSSR count). The summed E-state index contributed by atoms with van der Waals surface area (Å²) in [7, 11) is 0. The first kappa shape index (κ1) is 17.0. The maximum absolute atomic E-state index is 12.7. The largest absolute Gasteiger partial charge is 0.467 e. The molecular weight excluding hydrogens is 324 g/mol. The van der Waals surface area contributed by atoms with Gasteiger partial charge in [0.25, 0.3) is 0 Å². The van der Waals surface area contributed by atoms with Gasteiger partial charge in [0.2, 0.25) is 5.91 Å². The number of hydrogen-bond acceptors (Lipinski definition) is 2. The lowest BCUT2D eigenvalue weighted by atomic mass is 9.75. The standard InChI is InChI=1S/C22H26N2O2/c25-22(24-14-17-9-6-12-26-17)13-19(16-7-2-1-3-8-16)20-15-23-21-11-5-4-10-18(20)21/h4-6,9-12,15-16,19,23H,1-3,7-8,13-14H2,(H,24,25). The lowest BCUT2D eigenvalue weighted by molar-refractivity contribution is -0.122. The van der Waals surface area contributed by atoms with E-state index in [9.17, 15) is 4.79 Å². The summed E-state index contributed by atoms with van der Waals surface area (Å²) in [6.45, 7) is 0.455. The van der Waals surface area contributed by atoms with Gasteiger partial charge in [0.05, 0.1) is 12.8 Å². The number of aromatic amines is 1. The van der Waals surface area contributed by atoms with Crippen molar-refractivity contribution in [1.29, 1.82) is 0 Å². The van der Waals surface area contributed by atoms with Crippen molar-refractivity contribution in [2.45, 2.75) is 51.0 Å². The first-order valence-electron chi connectivity index (χ1n) is 9.66. The molecule has 0 saturated heterocycles. The maximum Gasteiger partial charge on any atom is 0.220 e. The number of carbonyl (C=O) groups is 1. The number of rotatable bonds is 6. The Morgan fingerprint density at radius 2 is 2.00 bits per heavy atom. The van der Waals surface area contributed by atoms with E-state index in [0.717, 1.165) is 11.3 Å². The quantitative estimate of drug-likeness (QED) is 0.647. The Morgan fingerprint density at radius 3 is 2.81 bits per heavy atom. The Bertz CT molecular complexity index is 844.